The molecule has 0 aliphatic heterocycles. The van der Waals surface area contributed by atoms with E-state index >= 15 is 0 Å². The van der Waals surface area contributed by atoms with Gasteiger partial charge in [0.25, 0.3) is 0 Å². The third kappa shape index (κ3) is 4.82. The van der Waals surface area contributed by atoms with Crippen LogP contribution in [0, 0.1) is 6.92 Å². The molecule has 0 aliphatic rings. The van der Waals surface area contributed by atoms with Gasteiger partial charge in [0, 0.05) is 29.1 Å². The molecule has 164 valence electrons. The van der Waals surface area contributed by atoms with Gasteiger partial charge in [-0.05, 0) is 54.0 Å². The number of anilines is 1. The second kappa shape index (κ2) is 9.38. The third-order valence-corrected chi connectivity index (χ3v) is 5.73. The molecule has 1 aromatic heterocycles. The maximum atomic E-state index is 12.8. The molecular formula is C26H31NO4. The predicted molar refractivity (Wildman–Crippen MR) is 125 cm³/mol. The van der Waals surface area contributed by atoms with Crippen molar-refractivity contribution in [2.45, 2.75) is 59.3 Å². The minimum Gasteiger partial charge on any atom is -0.497 e. The molecule has 0 radical (unpaired) electrons. The van der Waals surface area contributed by atoms with E-state index in [0.29, 0.717) is 35.2 Å². The maximum Gasteiger partial charge on any atom is 0.339 e. The zero-order chi connectivity index (χ0) is 22.7. The van der Waals surface area contributed by atoms with Crippen molar-refractivity contribution in [3.63, 3.8) is 0 Å². The van der Waals surface area contributed by atoms with E-state index in [-0.39, 0.29) is 12.3 Å². The number of methoxy groups -OCH3 is 1. The molecule has 5 heteroatoms. The van der Waals surface area contributed by atoms with Gasteiger partial charge in [0.15, 0.2) is 0 Å². The molecule has 31 heavy (non-hydrogen) atoms. The molecule has 5 nitrogen and oxygen atoms in total. The largest absolute Gasteiger partial charge is 0.497 e. The van der Waals surface area contributed by atoms with Gasteiger partial charge in [-0.25, -0.2) is 4.79 Å². The zero-order valence-corrected chi connectivity index (χ0v) is 19.2. The maximum absolute atomic E-state index is 12.8. The number of rotatable bonds is 7. The minimum atomic E-state index is -0.406. The van der Waals surface area contributed by atoms with Gasteiger partial charge in [0.2, 0.25) is 5.91 Å². The molecule has 0 unspecified atom stereocenters. The van der Waals surface area contributed by atoms with Crippen molar-refractivity contribution in [2.24, 2.45) is 0 Å². The Hall–Kier alpha value is -3.08. The lowest BCUT2D eigenvalue weighted by molar-refractivity contribution is -0.116. The van der Waals surface area contributed by atoms with Gasteiger partial charge in [-0.2, -0.15) is 0 Å². The van der Waals surface area contributed by atoms with E-state index in [1.165, 1.54) is 0 Å². The quantitative estimate of drug-likeness (QED) is 0.480. The second-order valence-corrected chi connectivity index (χ2v) is 8.52. The van der Waals surface area contributed by atoms with Gasteiger partial charge in [0.05, 0.1) is 7.11 Å². The van der Waals surface area contributed by atoms with Crippen molar-refractivity contribution in [2.75, 3.05) is 12.4 Å². The molecular weight excluding hydrogens is 390 g/mol. The summed E-state index contributed by atoms with van der Waals surface area (Å²) in [6.07, 6.45) is 0.528. The summed E-state index contributed by atoms with van der Waals surface area (Å²) in [6.45, 7) is 10.4. The molecule has 3 rings (SSSR count). The number of nitrogens with one attached hydrogen (secondary N) is 1. The monoisotopic (exact) mass is 421 g/mol. The van der Waals surface area contributed by atoms with Crippen molar-refractivity contribution in [3.8, 4) is 5.75 Å². The first-order chi connectivity index (χ1) is 14.7. The number of carbonyl (C=O) groups excluding carboxylic acids is 1. The molecule has 1 N–H and O–H groups in total. The number of ether oxygens (including phenoxy) is 1. The molecule has 0 saturated heterocycles. The second-order valence-electron chi connectivity index (χ2n) is 8.52. The van der Waals surface area contributed by atoms with Crippen LogP contribution in [0.3, 0.4) is 0 Å². The summed E-state index contributed by atoms with van der Waals surface area (Å²) in [5, 5.41) is 3.97. The van der Waals surface area contributed by atoms with Gasteiger partial charge in [-0.3, -0.25) is 4.79 Å². The van der Waals surface area contributed by atoms with E-state index in [1.54, 1.807) is 13.2 Å². The van der Waals surface area contributed by atoms with Crippen molar-refractivity contribution in [1.82, 2.24) is 0 Å². The Labute approximate surface area is 183 Å². The highest BCUT2D eigenvalue weighted by molar-refractivity contribution is 5.93. The molecule has 0 saturated carbocycles. The molecule has 0 spiro atoms. The molecule has 0 aliphatic carbocycles. The summed E-state index contributed by atoms with van der Waals surface area (Å²) >= 11 is 0. The van der Waals surface area contributed by atoms with Crippen LogP contribution >= 0.6 is 0 Å². The summed E-state index contributed by atoms with van der Waals surface area (Å²) in [6, 6.07) is 11.6. The van der Waals surface area contributed by atoms with Crippen LogP contribution in [-0.2, 0) is 11.2 Å². The topological polar surface area (TPSA) is 68.5 Å². The number of aryl methyl sites for hydroxylation is 1. The van der Waals surface area contributed by atoms with E-state index in [0.717, 1.165) is 27.8 Å². The molecule has 1 heterocycles. The third-order valence-electron chi connectivity index (χ3n) is 5.73. The first-order valence-corrected chi connectivity index (χ1v) is 10.8. The van der Waals surface area contributed by atoms with E-state index in [1.807, 2.05) is 25.1 Å². The number of amides is 1. The van der Waals surface area contributed by atoms with Crippen LogP contribution in [0.15, 0.2) is 45.6 Å². The fourth-order valence-corrected chi connectivity index (χ4v) is 3.93. The predicted octanol–water partition coefficient (Wildman–Crippen LogP) is 5.93. The number of hydrogen-bond donors (Lipinski definition) is 1. The van der Waals surface area contributed by atoms with Gasteiger partial charge in [-0.15, -0.1) is 0 Å². The first kappa shape index (κ1) is 22.6. The lowest BCUT2D eigenvalue weighted by Crippen LogP contribution is -2.18. The van der Waals surface area contributed by atoms with Crippen LogP contribution in [0.1, 0.15) is 68.2 Å². The Kier molecular flexibility index (Phi) is 6.84. The van der Waals surface area contributed by atoms with Crippen molar-refractivity contribution in [1.29, 1.82) is 0 Å². The minimum absolute atomic E-state index is 0.108. The van der Waals surface area contributed by atoms with E-state index < -0.39 is 5.63 Å². The van der Waals surface area contributed by atoms with Crippen molar-refractivity contribution >= 4 is 22.6 Å². The van der Waals surface area contributed by atoms with Crippen LogP contribution in [0.25, 0.3) is 11.0 Å². The molecule has 2 aromatic carbocycles. The average molecular weight is 422 g/mol. The molecule has 3 aromatic rings. The van der Waals surface area contributed by atoms with Crippen LogP contribution in [0.5, 0.6) is 5.75 Å². The van der Waals surface area contributed by atoms with E-state index in [9.17, 15) is 9.59 Å². The summed E-state index contributed by atoms with van der Waals surface area (Å²) in [4.78, 5) is 25.4. The van der Waals surface area contributed by atoms with Crippen LogP contribution in [0.2, 0.25) is 0 Å². The van der Waals surface area contributed by atoms with Gasteiger partial charge in [0.1, 0.15) is 11.3 Å². The Bertz CT molecular complexity index is 1130. The smallest absolute Gasteiger partial charge is 0.339 e. The van der Waals surface area contributed by atoms with Crippen molar-refractivity contribution in [3.05, 3.63) is 69.1 Å². The Balaban J connectivity index is 1.84. The molecule has 0 fully saturated rings. The normalized spacial score (nSPS) is 11.4. The Morgan fingerprint density at radius 1 is 1.06 bits per heavy atom. The summed E-state index contributed by atoms with van der Waals surface area (Å²) < 4.78 is 10.7. The van der Waals surface area contributed by atoms with E-state index in [2.05, 4.69) is 45.1 Å². The zero-order valence-electron chi connectivity index (χ0n) is 19.2. The van der Waals surface area contributed by atoms with Crippen molar-refractivity contribution < 1.29 is 13.9 Å². The molecule has 1 amide bonds. The molecule has 0 bridgehead atoms. The highest BCUT2D eigenvalue weighted by Crippen LogP contribution is 2.32. The Morgan fingerprint density at radius 2 is 1.71 bits per heavy atom. The van der Waals surface area contributed by atoms with Gasteiger partial charge in [-0.1, -0.05) is 45.9 Å². The number of fused-ring (bicyclic) bond motifs is 1. The lowest BCUT2D eigenvalue weighted by atomic mass is 9.92. The highest BCUT2D eigenvalue weighted by atomic mass is 16.5. The first-order valence-electron chi connectivity index (χ1n) is 10.8. The van der Waals surface area contributed by atoms with Crippen LogP contribution in [0.4, 0.5) is 5.69 Å². The van der Waals surface area contributed by atoms with Gasteiger partial charge >= 0.3 is 5.63 Å². The highest BCUT2D eigenvalue weighted by Gasteiger charge is 2.18. The van der Waals surface area contributed by atoms with Gasteiger partial charge < -0.3 is 14.5 Å². The molecule has 0 atom stereocenters. The summed E-state index contributed by atoms with van der Waals surface area (Å²) in [5.41, 5.74) is 4.59. The summed E-state index contributed by atoms with van der Waals surface area (Å²) in [5.74, 6) is 1.11. The number of benzene rings is 2. The standard InChI is InChI=1S/C26H31NO4/c1-15(2)19-8-7-9-20(16(3)4)25(19)27-24(28)13-12-22-17(5)21-11-10-18(30-6)14-23(21)31-26(22)29/h7-11,14-16H,12-13H2,1-6H3,(H,27,28). The number of para-hydroxylation sites is 1. The Morgan fingerprint density at radius 3 is 2.29 bits per heavy atom. The van der Waals surface area contributed by atoms with Crippen LogP contribution < -0.4 is 15.7 Å². The SMILES string of the molecule is COc1ccc2c(C)c(CCC(=O)Nc3c(C(C)C)cccc3C(C)C)c(=O)oc2c1. The average Bonchev–Trinajstić information content (AvgIpc) is 2.72. The van der Waals surface area contributed by atoms with Crippen LogP contribution in [-0.4, -0.2) is 13.0 Å². The number of carbonyl (C=O) groups is 1. The lowest BCUT2D eigenvalue weighted by Gasteiger charge is -2.20. The summed E-state index contributed by atoms with van der Waals surface area (Å²) in [7, 11) is 1.57. The fourth-order valence-electron chi connectivity index (χ4n) is 3.93. The number of hydrogen-bond acceptors (Lipinski definition) is 4. The fraction of sp³-hybridized carbons (Fsp3) is 0.385. The van der Waals surface area contributed by atoms with E-state index in [4.69, 9.17) is 9.15 Å².